The smallest absolute Gasteiger partial charge is 0.337 e. The number of ether oxygens (including phenoxy) is 16. The van der Waals surface area contributed by atoms with Crippen LogP contribution in [0.3, 0.4) is 0 Å². The molecule has 47 heavy (non-hydrogen) atoms. The molecular formula is C30H56O17. The maximum absolute atomic E-state index is 13.3. The molecule has 0 N–H and O–H groups in total. The first-order valence-corrected chi connectivity index (χ1v) is 15.1. The number of methoxy groups -OCH3 is 12. The molecule has 14 atom stereocenters. The van der Waals surface area contributed by atoms with Crippen molar-refractivity contribution >= 4 is 5.97 Å². The molecule has 2 aliphatic heterocycles. The topological polar surface area (TPSA) is 165 Å². The molecule has 2 rings (SSSR count). The predicted octanol–water partition coefficient (Wildman–Crippen LogP) is -0.561. The van der Waals surface area contributed by atoms with Gasteiger partial charge in [0, 0.05) is 78.2 Å². The Kier molecular flexibility index (Phi) is 19.5. The van der Waals surface area contributed by atoms with Crippen molar-refractivity contribution in [2.45, 2.75) is 85.8 Å². The average Bonchev–Trinajstić information content (AvgIpc) is 3.09. The van der Waals surface area contributed by atoms with Crippen molar-refractivity contribution in [3.8, 4) is 0 Å². The summed E-state index contributed by atoms with van der Waals surface area (Å²) in [6, 6.07) is 0. The summed E-state index contributed by atoms with van der Waals surface area (Å²) in [5, 5.41) is 0. The van der Waals surface area contributed by atoms with E-state index < -0.39 is 91.8 Å². The molecule has 2 aliphatic rings. The Morgan fingerprint density at radius 3 is 1.51 bits per heavy atom. The first-order valence-electron chi connectivity index (χ1n) is 15.1. The molecule has 2 fully saturated rings. The van der Waals surface area contributed by atoms with Crippen molar-refractivity contribution in [2.24, 2.45) is 0 Å². The van der Waals surface area contributed by atoms with E-state index in [0.717, 1.165) is 0 Å². The van der Waals surface area contributed by atoms with Crippen LogP contribution >= 0.6 is 0 Å². The maximum Gasteiger partial charge on any atom is 0.337 e. The lowest BCUT2D eigenvalue weighted by molar-refractivity contribution is -0.370. The van der Waals surface area contributed by atoms with Crippen LogP contribution in [-0.2, 0) is 80.6 Å². The molecule has 0 saturated carbocycles. The normalized spacial score (nSPS) is 34.0. The summed E-state index contributed by atoms with van der Waals surface area (Å²) in [4.78, 5) is 13.3. The standard InChI is InChI=1S/C30H56O17/c1-32-13-16(35-4)19(37-6)21(17(36-5)14-33-2)45-30-27(42-11)23(40-9)24(25(47-30)28(31)43-12)46-29-26(41-10)22(39-8)20(38-7)18(44-29)15-34-3/h16-27,29-30H,13-15H2,1-12H3. The minimum Gasteiger partial charge on any atom is -0.467 e. The maximum atomic E-state index is 13.3. The van der Waals surface area contributed by atoms with Crippen LogP contribution in [0.2, 0.25) is 0 Å². The van der Waals surface area contributed by atoms with Gasteiger partial charge in [0.2, 0.25) is 0 Å². The molecular weight excluding hydrogens is 632 g/mol. The summed E-state index contributed by atoms with van der Waals surface area (Å²) in [5.74, 6) is -0.759. The molecule has 17 heteroatoms. The molecule has 0 aliphatic carbocycles. The summed E-state index contributed by atoms with van der Waals surface area (Å²) in [6.45, 7) is 0.464. The van der Waals surface area contributed by atoms with Gasteiger partial charge in [0.1, 0.15) is 67.1 Å². The number of hydrogen-bond donors (Lipinski definition) is 0. The zero-order valence-electron chi connectivity index (χ0n) is 29.6. The Hall–Kier alpha value is -1.13. The molecule has 14 unspecified atom stereocenters. The minimum atomic E-state index is -1.38. The minimum absolute atomic E-state index is 0.123. The highest BCUT2D eigenvalue weighted by molar-refractivity contribution is 5.75. The van der Waals surface area contributed by atoms with E-state index in [9.17, 15) is 4.79 Å². The summed E-state index contributed by atoms with van der Waals surface area (Å²) in [5.41, 5.74) is 0. The van der Waals surface area contributed by atoms with Crippen molar-refractivity contribution in [1.29, 1.82) is 0 Å². The summed E-state index contributed by atoms with van der Waals surface area (Å²) in [6.07, 6.45) is -12.2. The molecule has 0 amide bonds. The van der Waals surface area contributed by atoms with Crippen LogP contribution in [0, 0.1) is 0 Å². The van der Waals surface area contributed by atoms with Gasteiger partial charge in [0.25, 0.3) is 0 Å². The van der Waals surface area contributed by atoms with Gasteiger partial charge in [-0.15, -0.1) is 0 Å². The van der Waals surface area contributed by atoms with E-state index >= 15 is 0 Å². The highest BCUT2D eigenvalue weighted by atomic mass is 16.8. The van der Waals surface area contributed by atoms with Crippen LogP contribution in [-0.4, -0.2) is 197 Å². The lowest BCUT2D eigenvalue weighted by Gasteiger charge is -2.49. The Morgan fingerprint density at radius 2 is 1.06 bits per heavy atom. The number of carbonyl (C=O) groups is 1. The van der Waals surface area contributed by atoms with Crippen molar-refractivity contribution < 1.29 is 80.6 Å². The average molecular weight is 689 g/mol. The molecule has 17 nitrogen and oxygen atoms in total. The van der Waals surface area contributed by atoms with E-state index in [1.165, 1.54) is 78.2 Å². The fraction of sp³-hybridized carbons (Fsp3) is 0.967. The van der Waals surface area contributed by atoms with Crippen LogP contribution in [0.1, 0.15) is 0 Å². The van der Waals surface area contributed by atoms with Gasteiger partial charge in [-0.2, -0.15) is 0 Å². The summed E-state index contributed by atoms with van der Waals surface area (Å²) >= 11 is 0. The van der Waals surface area contributed by atoms with Crippen LogP contribution < -0.4 is 0 Å². The molecule has 2 saturated heterocycles. The zero-order chi connectivity index (χ0) is 35.1. The van der Waals surface area contributed by atoms with E-state index in [2.05, 4.69) is 0 Å². The van der Waals surface area contributed by atoms with Crippen LogP contribution in [0.5, 0.6) is 0 Å². The third kappa shape index (κ3) is 10.2. The second-order valence-electron chi connectivity index (χ2n) is 10.8. The first kappa shape index (κ1) is 42.0. The Balaban J connectivity index is 2.55. The number of carbonyl (C=O) groups excluding carboxylic acids is 1. The van der Waals surface area contributed by atoms with E-state index in [0.29, 0.717) is 0 Å². The quantitative estimate of drug-likeness (QED) is 0.133. The molecule has 2 heterocycles. The Labute approximate surface area is 277 Å². The third-order valence-corrected chi connectivity index (χ3v) is 8.39. The van der Waals surface area contributed by atoms with Gasteiger partial charge < -0.3 is 75.8 Å². The second kappa shape index (κ2) is 21.8. The first-order chi connectivity index (χ1) is 22.7. The summed E-state index contributed by atoms with van der Waals surface area (Å²) < 4.78 is 93.2. The number of hydrogen-bond acceptors (Lipinski definition) is 17. The van der Waals surface area contributed by atoms with Crippen molar-refractivity contribution in [1.82, 2.24) is 0 Å². The number of esters is 1. The predicted molar refractivity (Wildman–Crippen MR) is 161 cm³/mol. The van der Waals surface area contributed by atoms with E-state index in [-0.39, 0.29) is 19.8 Å². The molecule has 0 radical (unpaired) electrons. The van der Waals surface area contributed by atoms with Gasteiger partial charge in [-0.1, -0.05) is 0 Å². The Morgan fingerprint density at radius 1 is 0.553 bits per heavy atom. The van der Waals surface area contributed by atoms with Crippen LogP contribution in [0.15, 0.2) is 0 Å². The Bertz CT molecular complexity index is 853. The van der Waals surface area contributed by atoms with Crippen LogP contribution in [0.25, 0.3) is 0 Å². The lowest BCUT2D eigenvalue weighted by Crippen LogP contribution is -2.67. The largest absolute Gasteiger partial charge is 0.467 e. The van der Waals surface area contributed by atoms with Crippen molar-refractivity contribution in [3.05, 3.63) is 0 Å². The van der Waals surface area contributed by atoms with Gasteiger partial charge in [0.05, 0.1) is 26.9 Å². The van der Waals surface area contributed by atoms with Gasteiger partial charge >= 0.3 is 5.97 Å². The third-order valence-electron chi connectivity index (χ3n) is 8.39. The molecule has 0 aromatic rings. The van der Waals surface area contributed by atoms with Gasteiger partial charge in [-0.3, -0.25) is 0 Å². The van der Waals surface area contributed by atoms with E-state index in [4.69, 9.17) is 75.8 Å². The second-order valence-corrected chi connectivity index (χ2v) is 10.8. The summed E-state index contributed by atoms with van der Waals surface area (Å²) in [7, 11) is 17.8. The van der Waals surface area contributed by atoms with Gasteiger partial charge in [-0.05, 0) is 0 Å². The van der Waals surface area contributed by atoms with Crippen molar-refractivity contribution in [2.75, 3.05) is 105 Å². The van der Waals surface area contributed by atoms with E-state index in [1.807, 2.05) is 0 Å². The van der Waals surface area contributed by atoms with Crippen LogP contribution in [0.4, 0.5) is 0 Å². The fourth-order valence-electron chi connectivity index (χ4n) is 6.09. The van der Waals surface area contributed by atoms with E-state index in [1.54, 1.807) is 7.11 Å². The SMILES string of the molecule is COCC(OC)C(OC)C(OC1OC(C(=O)OC)C(OC2OC(COC)C(OC)C(OC)C2OC)C(OC)C1OC)C(COC)OC. The van der Waals surface area contributed by atoms with Crippen molar-refractivity contribution in [3.63, 3.8) is 0 Å². The monoisotopic (exact) mass is 688 g/mol. The number of rotatable bonds is 22. The zero-order valence-corrected chi connectivity index (χ0v) is 29.6. The molecule has 0 bridgehead atoms. The van der Waals surface area contributed by atoms with Gasteiger partial charge in [0.15, 0.2) is 18.7 Å². The lowest BCUT2D eigenvalue weighted by atomic mass is 9.95. The molecule has 278 valence electrons. The van der Waals surface area contributed by atoms with Gasteiger partial charge in [-0.25, -0.2) is 4.79 Å². The molecule has 0 spiro atoms. The molecule has 0 aromatic carbocycles. The highest BCUT2D eigenvalue weighted by Gasteiger charge is 2.56. The molecule has 0 aromatic heterocycles. The highest BCUT2D eigenvalue weighted by Crippen LogP contribution is 2.35. The fourth-order valence-corrected chi connectivity index (χ4v) is 6.09.